The van der Waals surface area contributed by atoms with E-state index in [1.807, 2.05) is 0 Å². The standard InChI is InChI=1S/C70H75N5/c1-70(69-72-67(51-28-16-6-17-29-51)71-68(73-69)52-30-18-7-19-31-52)46-57(74-62-37-32-53(47-20-8-2-9-21-47)42-58(62)59-43-54(33-38-63(59)74)48-22-10-3-11-23-48)36-41-66(70)75-64-39-34-55(49-24-12-4-13-25-49)44-60(64)61-45-56(35-40-65(61)75)50-26-14-5-15-27-50/h4,6,8,12-14,16-17,20-22,24,26-29,32-35,37-40,42-45,49,52,57-59,62-63,66-67H,2-3,5,7,9-11,15,18-19,23,25,30-31,36,41,46H2,1H3,(H,71,72,73). The van der Waals surface area contributed by atoms with Crippen molar-refractivity contribution in [3.05, 3.63) is 209 Å². The largest absolute Gasteiger partial charge is 0.336 e. The lowest BCUT2D eigenvalue weighted by Gasteiger charge is -2.51. The van der Waals surface area contributed by atoms with Gasteiger partial charge in [0, 0.05) is 75.1 Å². The van der Waals surface area contributed by atoms with Crippen molar-refractivity contribution in [2.45, 2.75) is 152 Å². The van der Waals surface area contributed by atoms with Crippen LogP contribution in [-0.2, 0) is 0 Å². The molecule has 8 aliphatic carbocycles. The average molecular weight is 986 g/mol. The maximum absolute atomic E-state index is 5.90. The van der Waals surface area contributed by atoms with Crippen LogP contribution < -0.4 is 5.32 Å². The fourth-order valence-electron chi connectivity index (χ4n) is 15.6. The van der Waals surface area contributed by atoms with Crippen molar-refractivity contribution in [3.8, 4) is 0 Å². The molecule has 4 aromatic rings. The highest BCUT2D eigenvalue weighted by Crippen LogP contribution is 2.55. The minimum absolute atomic E-state index is 0.143. The van der Waals surface area contributed by atoms with Gasteiger partial charge in [0.1, 0.15) is 11.7 Å². The number of hydrogen-bond acceptors (Lipinski definition) is 4. The van der Waals surface area contributed by atoms with Gasteiger partial charge >= 0.3 is 0 Å². The lowest BCUT2D eigenvalue weighted by Crippen LogP contribution is -2.57. The van der Waals surface area contributed by atoms with Crippen LogP contribution >= 0.6 is 0 Å². The van der Waals surface area contributed by atoms with E-state index in [4.69, 9.17) is 9.98 Å². The molecule has 10 aliphatic rings. The molecule has 1 saturated heterocycles. The van der Waals surface area contributed by atoms with Crippen LogP contribution in [-0.4, -0.2) is 39.3 Å². The third-order valence-corrected chi connectivity index (χ3v) is 19.5. The number of aromatic nitrogens is 1. The Bertz CT molecular complexity index is 3310. The molecule has 0 bridgehead atoms. The Morgan fingerprint density at radius 1 is 0.600 bits per heavy atom. The second-order valence-electron chi connectivity index (χ2n) is 23.9. The number of likely N-dealkylation sites (tertiary alicyclic amines) is 1. The summed E-state index contributed by atoms with van der Waals surface area (Å²) in [5, 5.41) is 6.94. The summed E-state index contributed by atoms with van der Waals surface area (Å²) in [6.07, 6.45) is 61.4. The first kappa shape index (κ1) is 47.2. The molecule has 3 fully saturated rings. The Balaban J connectivity index is 0.918. The third-order valence-electron chi connectivity index (χ3n) is 19.5. The number of rotatable bonds is 9. The summed E-state index contributed by atoms with van der Waals surface area (Å²) in [6.45, 7) is 2.62. The Morgan fingerprint density at radius 2 is 1.36 bits per heavy atom. The molecule has 9 atom stereocenters. The van der Waals surface area contributed by atoms with Gasteiger partial charge in [0.25, 0.3) is 0 Å². The molecule has 380 valence electrons. The highest BCUT2D eigenvalue weighted by molar-refractivity contribution is 6.10. The van der Waals surface area contributed by atoms with Crippen LogP contribution in [0.15, 0.2) is 202 Å². The summed E-state index contributed by atoms with van der Waals surface area (Å²) < 4.78 is 2.81. The zero-order chi connectivity index (χ0) is 49.9. The molecule has 3 heterocycles. The van der Waals surface area contributed by atoms with Gasteiger partial charge in [0.05, 0.1) is 0 Å². The monoisotopic (exact) mass is 986 g/mol. The van der Waals surface area contributed by atoms with E-state index in [9.17, 15) is 0 Å². The van der Waals surface area contributed by atoms with Gasteiger partial charge in [-0.3, -0.25) is 4.90 Å². The van der Waals surface area contributed by atoms with E-state index in [2.05, 4.69) is 192 Å². The number of benzene rings is 3. The molecule has 3 aromatic carbocycles. The fourth-order valence-corrected chi connectivity index (χ4v) is 15.6. The van der Waals surface area contributed by atoms with E-state index >= 15 is 0 Å². The molecule has 2 saturated carbocycles. The van der Waals surface area contributed by atoms with Crippen LogP contribution in [0.2, 0.25) is 0 Å². The summed E-state index contributed by atoms with van der Waals surface area (Å²) in [5.41, 5.74) is 13.4. The molecule has 2 aliphatic heterocycles. The first-order valence-corrected chi connectivity index (χ1v) is 29.4. The molecular formula is C70H75N5. The minimum Gasteiger partial charge on any atom is -0.336 e. The van der Waals surface area contributed by atoms with Crippen LogP contribution in [0.3, 0.4) is 0 Å². The molecular weight excluding hydrogens is 911 g/mol. The first-order chi connectivity index (χ1) is 37.0. The summed E-state index contributed by atoms with van der Waals surface area (Å²) in [6, 6.07) is 27.0. The molecule has 9 unspecified atom stereocenters. The highest BCUT2D eigenvalue weighted by atomic mass is 15.3. The van der Waals surface area contributed by atoms with Crippen molar-refractivity contribution in [1.29, 1.82) is 0 Å². The van der Waals surface area contributed by atoms with Gasteiger partial charge in [-0.25, -0.2) is 9.98 Å². The van der Waals surface area contributed by atoms with Crippen LogP contribution in [0, 0.1) is 23.2 Å². The van der Waals surface area contributed by atoms with E-state index in [0.717, 1.165) is 57.2 Å². The lowest BCUT2D eigenvalue weighted by atomic mass is 9.67. The zero-order valence-corrected chi connectivity index (χ0v) is 44.2. The first-order valence-electron chi connectivity index (χ1n) is 29.4. The van der Waals surface area contributed by atoms with Gasteiger partial charge in [-0.15, -0.1) is 0 Å². The van der Waals surface area contributed by atoms with Crippen molar-refractivity contribution in [3.63, 3.8) is 0 Å². The molecule has 5 nitrogen and oxygen atoms in total. The summed E-state index contributed by atoms with van der Waals surface area (Å²) >= 11 is 0. The molecule has 0 spiro atoms. The number of amidine groups is 2. The number of nitrogens with zero attached hydrogens (tertiary/aromatic N) is 4. The van der Waals surface area contributed by atoms with Crippen LogP contribution in [0.5, 0.6) is 0 Å². The summed E-state index contributed by atoms with van der Waals surface area (Å²) in [4.78, 5) is 14.5. The van der Waals surface area contributed by atoms with Gasteiger partial charge in [0.15, 0.2) is 6.17 Å². The molecule has 75 heavy (non-hydrogen) atoms. The predicted octanol–water partition coefficient (Wildman–Crippen LogP) is 17.0. The van der Waals surface area contributed by atoms with E-state index in [1.54, 1.807) is 5.57 Å². The average Bonchev–Trinajstić information content (AvgIpc) is 3.99. The molecule has 0 radical (unpaired) electrons. The van der Waals surface area contributed by atoms with Crippen molar-refractivity contribution in [2.24, 2.45) is 33.2 Å². The maximum Gasteiger partial charge on any atom is 0.169 e. The van der Waals surface area contributed by atoms with Crippen molar-refractivity contribution in [1.82, 2.24) is 14.8 Å². The maximum atomic E-state index is 5.90. The summed E-state index contributed by atoms with van der Waals surface area (Å²) in [5.74, 6) is 3.92. The van der Waals surface area contributed by atoms with Crippen LogP contribution in [0.1, 0.15) is 151 Å². The van der Waals surface area contributed by atoms with Crippen molar-refractivity contribution >= 4 is 39.1 Å². The summed E-state index contributed by atoms with van der Waals surface area (Å²) in [7, 11) is 0. The van der Waals surface area contributed by atoms with Crippen molar-refractivity contribution in [2.75, 3.05) is 0 Å². The van der Waals surface area contributed by atoms with Crippen LogP contribution in [0.25, 0.3) is 27.4 Å². The van der Waals surface area contributed by atoms with Gasteiger partial charge in [-0.05, 0) is 159 Å². The zero-order valence-electron chi connectivity index (χ0n) is 44.2. The van der Waals surface area contributed by atoms with Gasteiger partial charge < -0.3 is 9.88 Å². The van der Waals surface area contributed by atoms with E-state index in [0.29, 0.717) is 41.8 Å². The Morgan fingerprint density at radius 3 is 2.11 bits per heavy atom. The number of fused-ring (bicyclic) bond motifs is 6. The Kier molecular flexibility index (Phi) is 12.6. The normalized spacial score (nSPS) is 31.7. The third kappa shape index (κ3) is 8.66. The number of nitrogens with one attached hydrogen (secondary N) is 1. The molecule has 14 rings (SSSR count). The second kappa shape index (κ2) is 20.0. The quantitative estimate of drug-likeness (QED) is 0.182. The lowest BCUT2D eigenvalue weighted by molar-refractivity contribution is 0.0643. The van der Waals surface area contributed by atoms with Gasteiger partial charge in [-0.1, -0.05) is 172 Å². The molecule has 5 heteroatoms. The highest BCUT2D eigenvalue weighted by Gasteiger charge is 2.55. The molecule has 1 N–H and O–H groups in total. The number of allylic oxidation sites excluding steroid dienone is 18. The number of aliphatic imine (C=N–C) groups is 2. The second-order valence-corrected chi connectivity index (χ2v) is 23.9. The molecule has 0 amide bonds. The number of hydrogen-bond donors (Lipinski definition) is 1. The van der Waals surface area contributed by atoms with Crippen LogP contribution in [0.4, 0.5) is 0 Å². The van der Waals surface area contributed by atoms with Gasteiger partial charge in [0.2, 0.25) is 0 Å². The van der Waals surface area contributed by atoms with E-state index in [1.165, 1.54) is 124 Å². The Hall–Kier alpha value is -6.30. The predicted molar refractivity (Wildman–Crippen MR) is 314 cm³/mol. The van der Waals surface area contributed by atoms with Crippen molar-refractivity contribution < 1.29 is 0 Å². The molecule has 1 aromatic heterocycles. The minimum atomic E-state index is -0.371. The van der Waals surface area contributed by atoms with E-state index in [-0.39, 0.29) is 17.6 Å². The topological polar surface area (TPSA) is 44.9 Å². The van der Waals surface area contributed by atoms with Gasteiger partial charge in [-0.2, -0.15) is 0 Å². The van der Waals surface area contributed by atoms with E-state index < -0.39 is 0 Å². The smallest absolute Gasteiger partial charge is 0.169 e. The Labute approximate surface area is 446 Å². The fraction of sp³-hybridized carbons (Fsp3) is 0.400. The SMILES string of the molecule is CC1(C2=NC(c3ccccc3)N=C(C3CCCCC3)N2)CC(N2C3C=CC(C4=CCCC=C4)=CC3C3C=C(C4=CCCCC4)C=CC32)CCC1n1c2ccc(C3=CCCC=C3)cc2c2cc(C3C=CC=CC3)ccc21.